The van der Waals surface area contributed by atoms with E-state index in [0.717, 1.165) is 24.5 Å². The molecule has 6 nitrogen and oxygen atoms in total. The van der Waals surface area contributed by atoms with Crippen LogP contribution in [0.2, 0.25) is 0 Å². The van der Waals surface area contributed by atoms with Crippen LogP contribution in [0.5, 0.6) is 0 Å². The van der Waals surface area contributed by atoms with Crippen LogP contribution in [0.4, 0.5) is 11.4 Å². The molecule has 134 valence electrons. The van der Waals surface area contributed by atoms with Crippen molar-refractivity contribution >= 4 is 23.2 Å². The van der Waals surface area contributed by atoms with E-state index in [9.17, 15) is 9.59 Å². The van der Waals surface area contributed by atoms with Gasteiger partial charge in [0.05, 0.1) is 0 Å². The van der Waals surface area contributed by atoms with E-state index < -0.39 is 0 Å². The molecule has 2 aromatic rings. The second kappa shape index (κ2) is 7.15. The Hall–Kier alpha value is -2.89. The molecule has 26 heavy (non-hydrogen) atoms. The molecule has 1 aromatic heterocycles. The van der Waals surface area contributed by atoms with Crippen LogP contribution in [-0.4, -0.2) is 54.4 Å². The number of anilines is 2. The second-order valence-corrected chi connectivity index (χ2v) is 6.70. The lowest BCUT2D eigenvalue weighted by molar-refractivity contribution is -0.120. The Labute approximate surface area is 153 Å². The van der Waals surface area contributed by atoms with E-state index in [1.165, 1.54) is 12.8 Å². The molecule has 0 bridgehead atoms. The summed E-state index contributed by atoms with van der Waals surface area (Å²) in [5, 5.41) is 0. The van der Waals surface area contributed by atoms with Gasteiger partial charge in [-0.15, -0.1) is 0 Å². The minimum absolute atomic E-state index is 0.0634. The summed E-state index contributed by atoms with van der Waals surface area (Å²) in [6.07, 6.45) is 4.05. The number of pyridine rings is 1. The van der Waals surface area contributed by atoms with Gasteiger partial charge in [-0.3, -0.25) is 14.6 Å². The molecule has 0 saturated carbocycles. The predicted octanol–water partition coefficient (Wildman–Crippen LogP) is 2.17. The Bertz CT molecular complexity index is 802. The van der Waals surface area contributed by atoms with Gasteiger partial charge in [0, 0.05) is 43.8 Å². The zero-order chi connectivity index (χ0) is 17.9. The molecule has 1 aromatic carbocycles. The van der Waals surface area contributed by atoms with Gasteiger partial charge in [0.2, 0.25) is 5.91 Å². The Morgan fingerprint density at radius 3 is 2.42 bits per heavy atom. The van der Waals surface area contributed by atoms with Crippen molar-refractivity contribution in [2.75, 3.05) is 42.5 Å². The fourth-order valence-corrected chi connectivity index (χ4v) is 3.60. The number of aromatic nitrogens is 1. The number of hydrogen-bond donors (Lipinski definition) is 0. The van der Waals surface area contributed by atoms with Crippen LogP contribution in [0.1, 0.15) is 23.3 Å². The molecule has 2 aliphatic rings. The standard InChI is InChI=1S/C20H22N4O2/c25-19-15-23(12-13-24(19)16-6-2-1-3-7-16)20(26)18-14-17(8-9-21-18)22-10-4-5-11-22/h1-3,6-9,14H,4-5,10-13,15H2. The van der Waals surface area contributed by atoms with Gasteiger partial charge in [-0.1, -0.05) is 18.2 Å². The third kappa shape index (κ3) is 3.27. The highest BCUT2D eigenvalue weighted by molar-refractivity contribution is 6.01. The van der Waals surface area contributed by atoms with Crippen LogP contribution in [0.3, 0.4) is 0 Å². The Kier molecular flexibility index (Phi) is 4.56. The van der Waals surface area contributed by atoms with Crippen molar-refractivity contribution in [2.24, 2.45) is 0 Å². The van der Waals surface area contributed by atoms with Gasteiger partial charge in [0.25, 0.3) is 5.91 Å². The maximum Gasteiger partial charge on any atom is 0.273 e. The molecule has 3 heterocycles. The summed E-state index contributed by atoms with van der Waals surface area (Å²) >= 11 is 0. The lowest BCUT2D eigenvalue weighted by Gasteiger charge is -2.34. The number of para-hydroxylation sites is 1. The van der Waals surface area contributed by atoms with Gasteiger partial charge in [0.1, 0.15) is 12.2 Å². The first-order valence-electron chi connectivity index (χ1n) is 9.08. The summed E-state index contributed by atoms with van der Waals surface area (Å²) in [6.45, 7) is 3.14. The highest BCUT2D eigenvalue weighted by Gasteiger charge is 2.29. The molecule has 6 heteroatoms. The van der Waals surface area contributed by atoms with E-state index in [-0.39, 0.29) is 18.4 Å². The lowest BCUT2D eigenvalue weighted by atomic mass is 10.2. The van der Waals surface area contributed by atoms with Gasteiger partial charge >= 0.3 is 0 Å². The first kappa shape index (κ1) is 16.6. The number of piperazine rings is 1. The average Bonchev–Trinajstić information content (AvgIpc) is 3.23. The summed E-state index contributed by atoms with van der Waals surface area (Å²) in [4.78, 5) is 35.2. The number of carbonyl (C=O) groups excluding carboxylic acids is 2. The van der Waals surface area contributed by atoms with Crippen LogP contribution in [-0.2, 0) is 4.79 Å². The Morgan fingerprint density at radius 1 is 0.923 bits per heavy atom. The van der Waals surface area contributed by atoms with Crippen LogP contribution >= 0.6 is 0 Å². The maximum atomic E-state index is 12.8. The quantitative estimate of drug-likeness (QED) is 0.851. The summed E-state index contributed by atoms with van der Waals surface area (Å²) < 4.78 is 0. The van der Waals surface area contributed by atoms with Crippen molar-refractivity contribution in [3.63, 3.8) is 0 Å². The highest BCUT2D eigenvalue weighted by Crippen LogP contribution is 2.22. The van der Waals surface area contributed by atoms with Gasteiger partial charge in [-0.05, 0) is 37.1 Å². The third-order valence-corrected chi connectivity index (χ3v) is 5.01. The predicted molar refractivity (Wildman–Crippen MR) is 100 cm³/mol. The fraction of sp³-hybridized carbons (Fsp3) is 0.350. The molecule has 2 saturated heterocycles. The molecule has 0 aliphatic carbocycles. The van der Waals surface area contributed by atoms with Gasteiger partial charge in [-0.25, -0.2) is 0 Å². The second-order valence-electron chi connectivity index (χ2n) is 6.70. The molecule has 0 radical (unpaired) electrons. The summed E-state index contributed by atoms with van der Waals surface area (Å²) in [5.41, 5.74) is 2.32. The molecule has 0 spiro atoms. The maximum absolute atomic E-state index is 12.8. The largest absolute Gasteiger partial charge is 0.371 e. The number of carbonyl (C=O) groups is 2. The van der Waals surface area contributed by atoms with Gasteiger partial charge < -0.3 is 14.7 Å². The van der Waals surface area contributed by atoms with Crippen molar-refractivity contribution in [1.82, 2.24) is 9.88 Å². The average molecular weight is 350 g/mol. The van der Waals surface area contributed by atoms with Crippen LogP contribution < -0.4 is 9.80 Å². The monoisotopic (exact) mass is 350 g/mol. The molecule has 2 fully saturated rings. The van der Waals surface area contributed by atoms with E-state index in [1.807, 2.05) is 42.5 Å². The first-order chi connectivity index (χ1) is 12.7. The van der Waals surface area contributed by atoms with E-state index in [0.29, 0.717) is 18.8 Å². The number of amides is 2. The molecule has 0 N–H and O–H groups in total. The van der Waals surface area contributed by atoms with Gasteiger partial charge in [-0.2, -0.15) is 0 Å². The number of nitrogens with zero attached hydrogens (tertiary/aromatic N) is 4. The normalized spacial score (nSPS) is 17.7. The van der Waals surface area contributed by atoms with E-state index in [4.69, 9.17) is 0 Å². The topological polar surface area (TPSA) is 56.8 Å². The van der Waals surface area contributed by atoms with E-state index in [2.05, 4.69) is 9.88 Å². The molecule has 0 unspecified atom stereocenters. The molecular formula is C20H22N4O2. The summed E-state index contributed by atoms with van der Waals surface area (Å²) in [5.74, 6) is -0.237. The lowest BCUT2D eigenvalue weighted by Crippen LogP contribution is -2.52. The van der Waals surface area contributed by atoms with Gasteiger partial charge in [0.15, 0.2) is 0 Å². The highest BCUT2D eigenvalue weighted by atomic mass is 16.2. The van der Waals surface area contributed by atoms with Crippen LogP contribution in [0, 0.1) is 0 Å². The molecule has 4 rings (SSSR count). The fourth-order valence-electron chi connectivity index (χ4n) is 3.60. The number of hydrogen-bond acceptors (Lipinski definition) is 4. The summed E-state index contributed by atoms with van der Waals surface area (Å²) in [6, 6.07) is 13.4. The van der Waals surface area contributed by atoms with Crippen molar-refractivity contribution in [3.8, 4) is 0 Å². The minimum Gasteiger partial charge on any atom is -0.371 e. The first-order valence-corrected chi connectivity index (χ1v) is 9.08. The Balaban J connectivity index is 1.46. The summed E-state index contributed by atoms with van der Waals surface area (Å²) in [7, 11) is 0. The molecular weight excluding hydrogens is 328 g/mol. The molecule has 0 atom stereocenters. The van der Waals surface area contributed by atoms with Crippen molar-refractivity contribution in [1.29, 1.82) is 0 Å². The van der Waals surface area contributed by atoms with Crippen molar-refractivity contribution in [2.45, 2.75) is 12.8 Å². The zero-order valence-corrected chi connectivity index (χ0v) is 14.7. The SMILES string of the molecule is O=C(c1cc(N2CCCC2)ccn1)N1CCN(c2ccccc2)C(=O)C1. The molecule has 2 amide bonds. The van der Waals surface area contributed by atoms with E-state index in [1.54, 1.807) is 16.0 Å². The Morgan fingerprint density at radius 2 is 1.69 bits per heavy atom. The molecule has 2 aliphatic heterocycles. The van der Waals surface area contributed by atoms with Crippen molar-refractivity contribution < 1.29 is 9.59 Å². The third-order valence-electron chi connectivity index (χ3n) is 5.01. The zero-order valence-electron chi connectivity index (χ0n) is 14.7. The van der Waals surface area contributed by atoms with Crippen LogP contribution in [0.15, 0.2) is 48.7 Å². The number of rotatable bonds is 3. The van der Waals surface area contributed by atoms with Crippen LogP contribution in [0.25, 0.3) is 0 Å². The number of benzene rings is 1. The smallest absolute Gasteiger partial charge is 0.273 e. The van der Waals surface area contributed by atoms with E-state index >= 15 is 0 Å². The minimum atomic E-state index is -0.174. The van der Waals surface area contributed by atoms with Crippen molar-refractivity contribution in [3.05, 3.63) is 54.4 Å².